The quantitative estimate of drug-likeness (QED) is 0.940. The zero-order valence-electron chi connectivity index (χ0n) is 14.2. The summed E-state index contributed by atoms with van der Waals surface area (Å²) in [5, 5.41) is 3.34. The third kappa shape index (κ3) is 3.79. The number of anilines is 3. The van der Waals surface area contributed by atoms with E-state index >= 15 is 0 Å². The van der Waals surface area contributed by atoms with Gasteiger partial charge in [0.2, 0.25) is 5.95 Å². The molecule has 0 radical (unpaired) electrons. The SMILES string of the molecule is CCN1CCN(c2ccnc(Nc3ccc(C)cc3C)n2)CC1. The molecule has 1 fully saturated rings. The van der Waals surface area contributed by atoms with Crippen molar-refractivity contribution < 1.29 is 0 Å². The fourth-order valence-electron chi connectivity index (χ4n) is 2.95. The molecule has 0 spiro atoms. The van der Waals surface area contributed by atoms with E-state index in [1.165, 1.54) is 11.1 Å². The Hall–Kier alpha value is -2.14. The molecule has 1 N–H and O–H groups in total. The fraction of sp³-hybridized carbons (Fsp3) is 0.444. The number of aromatic nitrogens is 2. The van der Waals surface area contributed by atoms with Crippen LogP contribution < -0.4 is 10.2 Å². The van der Waals surface area contributed by atoms with E-state index in [1.54, 1.807) is 0 Å². The summed E-state index contributed by atoms with van der Waals surface area (Å²) in [6, 6.07) is 8.34. The molecule has 0 aliphatic carbocycles. The zero-order chi connectivity index (χ0) is 16.2. The van der Waals surface area contributed by atoms with Gasteiger partial charge in [-0.2, -0.15) is 4.98 Å². The molecule has 23 heavy (non-hydrogen) atoms. The Labute approximate surface area is 138 Å². The molecule has 1 saturated heterocycles. The molecule has 0 saturated carbocycles. The highest BCUT2D eigenvalue weighted by Gasteiger charge is 2.17. The maximum atomic E-state index is 4.69. The Kier molecular flexibility index (Phi) is 4.76. The average Bonchev–Trinajstić information content (AvgIpc) is 2.58. The van der Waals surface area contributed by atoms with Gasteiger partial charge in [-0.05, 0) is 38.1 Å². The highest BCUT2D eigenvalue weighted by atomic mass is 15.3. The van der Waals surface area contributed by atoms with E-state index in [0.717, 1.165) is 44.2 Å². The number of aryl methyl sites for hydroxylation is 2. The van der Waals surface area contributed by atoms with Crippen LogP contribution in [-0.4, -0.2) is 47.6 Å². The molecule has 3 rings (SSSR count). The standard InChI is InChI=1S/C18H25N5/c1-4-22-9-11-23(12-10-22)17-7-8-19-18(21-17)20-16-6-5-14(2)13-15(16)3/h5-8,13H,4,9-12H2,1-3H3,(H,19,20,21). The predicted octanol–water partition coefficient (Wildman–Crippen LogP) is 2.98. The van der Waals surface area contributed by atoms with Gasteiger partial charge in [0.05, 0.1) is 0 Å². The van der Waals surface area contributed by atoms with Crippen molar-refractivity contribution in [3.8, 4) is 0 Å². The molecule has 122 valence electrons. The highest BCUT2D eigenvalue weighted by Crippen LogP contribution is 2.21. The molecule has 1 aliphatic rings. The van der Waals surface area contributed by atoms with Crippen molar-refractivity contribution in [3.63, 3.8) is 0 Å². The Morgan fingerprint density at radius 1 is 1.09 bits per heavy atom. The fourth-order valence-corrected chi connectivity index (χ4v) is 2.95. The summed E-state index contributed by atoms with van der Waals surface area (Å²) in [6.45, 7) is 11.8. The Morgan fingerprint density at radius 2 is 1.87 bits per heavy atom. The Bertz CT molecular complexity index is 662. The summed E-state index contributed by atoms with van der Waals surface area (Å²) in [6.07, 6.45) is 1.83. The maximum Gasteiger partial charge on any atom is 0.229 e. The van der Waals surface area contributed by atoms with Crippen molar-refractivity contribution >= 4 is 17.5 Å². The van der Waals surface area contributed by atoms with E-state index in [1.807, 2.05) is 12.3 Å². The lowest BCUT2D eigenvalue weighted by atomic mass is 10.1. The van der Waals surface area contributed by atoms with Crippen LogP contribution in [0.2, 0.25) is 0 Å². The number of hydrogen-bond acceptors (Lipinski definition) is 5. The van der Waals surface area contributed by atoms with Gasteiger partial charge < -0.3 is 15.1 Å². The summed E-state index contributed by atoms with van der Waals surface area (Å²) < 4.78 is 0. The summed E-state index contributed by atoms with van der Waals surface area (Å²) in [7, 11) is 0. The molecule has 1 aromatic carbocycles. The van der Waals surface area contributed by atoms with E-state index in [2.05, 4.69) is 59.1 Å². The molecular weight excluding hydrogens is 286 g/mol. The number of nitrogens with zero attached hydrogens (tertiary/aromatic N) is 4. The van der Waals surface area contributed by atoms with Gasteiger partial charge in [-0.3, -0.25) is 0 Å². The van der Waals surface area contributed by atoms with Crippen LogP contribution >= 0.6 is 0 Å². The minimum absolute atomic E-state index is 0.660. The van der Waals surface area contributed by atoms with E-state index in [4.69, 9.17) is 4.98 Å². The van der Waals surface area contributed by atoms with E-state index in [9.17, 15) is 0 Å². The summed E-state index contributed by atoms with van der Waals surface area (Å²) in [4.78, 5) is 13.9. The van der Waals surface area contributed by atoms with E-state index in [0.29, 0.717) is 5.95 Å². The van der Waals surface area contributed by atoms with E-state index < -0.39 is 0 Å². The number of hydrogen-bond donors (Lipinski definition) is 1. The van der Waals surface area contributed by atoms with Crippen molar-refractivity contribution in [3.05, 3.63) is 41.6 Å². The van der Waals surface area contributed by atoms with Gasteiger partial charge in [-0.25, -0.2) is 4.98 Å². The lowest BCUT2D eigenvalue weighted by Crippen LogP contribution is -2.46. The molecule has 0 bridgehead atoms. The maximum absolute atomic E-state index is 4.69. The van der Waals surface area contributed by atoms with Crippen LogP contribution in [0.3, 0.4) is 0 Å². The van der Waals surface area contributed by atoms with Crippen molar-refractivity contribution in [2.45, 2.75) is 20.8 Å². The summed E-state index contributed by atoms with van der Waals surface area (Å²) in [5.41, 5.74) is 3.52. The molecule has 0 atom stereocenters. The summed E-state index contributed by atoms with van der Waals surface area (Å²) >= 11 is 0. The lowest BCUT2D eigenvalue weighted by molar-refractivity contribution is 0.270. The van der Waals surface area contributed by atoms with Gasteiger partial charge in [0.15, 0.2) is 0 Å². The van der Waals surface area contributed by atoms with Crippen LogP contribution in [0, 0.1) is 13.8 Å². The second-order valence-corrected chi connectivity index (χ2v) is 6.10. The Balaban J connectivity index is 1.72. The molecule has 1 aromatic heterocycles. The van der Waals surface area contributed by atoms with Crippen LogP contribution in [0.25, 0.3) is 0 Å². The van der Waals surface area contributed by atoms with Crippen molar-refractivity contribution in [2.75, 3.05) is 42.9 Å². The lowest BCUT2D eigenvalue weighted by Gasteiger charge is -2.34. The first kappa shape index (κ1) is 15.7. The number of likely N-dealkylation sites (N-methyl/N-ethyl adjacent to an activating group) is 1. The first-order chi connectivity index (χ1) is 11.2. The minimum atomic E-state index is 0.660. The third-order valence-corrected chi connectivity index (χ3v) is 4.41. The van der Waals surface area contributed by atoms with Crippen LogP contribution in [0.15, 0.2) is 30.5 Å². The van der Waals surface area contributed by atoms with Crippen molar-refractivity contribution in [1.29, 1.82) is 0 Å². The molecule has 5 nitrogen and oxygen atoms in total. The molecule has 1 aliphatic heterocycles. The topological polar surface area (TPSA) is 44.3 Å². The number of rotatable bonds is 4. The molecule has 2 heterocycles. The Morgan fingerprint density at radius 3 is 2.57 bits per heavy atom. The van der Waals surface area contributed by atoms with E-state index in [-0.39, 0.29) is 0 Å². The third-order valence-electron chi connectivity index (χ3n) is 4.41. The second-order valence-electron chi connectivity index (χ2n) is 6.10. The first-order valence-corrected chi connectivity index (χ1v) is 8.30. The second kappa shape index (κ2) is 6.96. The van der Waals surface area contributed by atoms with Gasteiger partial charge in [-0.1, -0.05) is 24.6 Å². The van der Waals surface area contributed by atoms with Crippen molar-refractivity contribution in [1.82, 2.24) is 14.9 Å². The number of benzene rings is 1. The van der Waals surface area contributed by atoms with Gasteiger partial charge in [0, 0.05) is 38.1 Å². The number of piperazine rings is 1. The van der Waals surface area contributed by atoms with Gasteiger partial charge >= 0.3 is 0 Å². The van der Waals surface area contributed by atoms with Crippen LogP contribution in [0.4, 0.5) is 17.5 Å². The molecular formula is C18H25N5. The monoisotopic (exact) mass is 311 g/mol. The van der Waals surface area contributed by atoms with Crippen LogP contribution in [0.1, 0.15) is 18.1 Å². The molecule has 2 aromatic rings. The van der Waals surface area contributed by atoms with Crippen molar-refractivity contribution in [2.24, 2.45) is 0 Å². The molecule has 0 amide bonds. The van der Waals surface area contributed by atoms with Crippen LogP contribution in [0.5, 0.6) is 0 Å². The average molecular weight is 311 g/mol. The normalized spacial score (nSPS) is 15.7. The minimum Gasteiger partial charge on any atom is -0.354 e. The number of nitrogens with one attached hydrogen (secondary N) is 1. The highest BCUT2D eigenvalue weighted by molar-refractivity contribution is 5.59. The van der Waals surface area contributed by atoms with Gasteiger partial charge in [-0.15, -0.1) is 0 Å². The zero-order valence-corrected chi connectivity index (χ0v) is 14.2. The largest absolute Gasteiger partial charge is 0.354 e. The van der Waals surface area contributed by atoms with Gasteiger partial charge in [0.1, 0.15) is 5.82 Å². The molecule has 0 unspecified atom stereocenters. The first-order valence-electron chi connectivity index (χ1n) is 8.30. The van der Waals surface area contributed by atoms with Gasteiger partial charge in [0.25, 0.3) is 0 Å². The smallest absolute Gasteiger partial charge is 0.229 e. The molecule has 5 heteroatoms. The predicted molar refractivity (Wildman–Crippen MR) is 95.6 cm³/mol. The van der Waals surface area contributed by atoms with Crippen LogP contribution in [-0.2, 0) is 0 Å². The summed E-state index contributed by atoms with van der Waals surface area (Å²) in [5.74, 6) is 1.66.